The molecule has 1 aliphatic heterocycles. The van der Waals surface area contributed by atoms with Gasteiger partial charge < -0.3 is 10.6 Å². The number of rotatable bonds is 4. The Kier molecular flexibility index (Phi) is 4.26. The van der Waals surface area contributed by atoms with E-state index in [2.05, 4.69) is 11.8 Å². The second-order valence-corrected chi connectivity index (χ2v) is 4.44. The van der Waals surface area contributed by atoms with E-state index in [0.29, 0.717) is 6.04 Å². The first kappa shape index (κ1) is 9.36. The summed E-state index contributed by atoms with van der Waals surface area (Å²) in [4.78, 5) is 2.47. The predicted octanol–water partition coefficient (Wildman–Crippen LogP) is 0.773. The Morgan fingerprint density at radius 1 is 1.64 bits per heavy atom. The van der Waals surface area contributed by atoms with E-state index in [9.17, 15) is 0 Å². The number of thioether (sulfide) groups is 1. The van der Waals surface area contributed by atoms with Crippen LogP contribution in [-0.4, -0.2) is 42.1 Å². The van der Waals surface area contributed by atoms with Crippen molar-refractivity contribution in [2.24, 2.45) is 5.73 Å². The molecule has 2 N–H and O–H groups in total. The molecule has 1 aliphatic rings. The van der Waals surface area contributed by atoms with Crippen molar-refractivity contribution in [3.63, 3.8) is 0 Å². The van der Waals surface area contributed by atoms with Crippen LogP contribution in [0.15, 0.2) is 0 Å². The van der Waals surface area contributed by atoms with Gasteiger partial charge in [0.2, 0.25) is 0 Å². The maximum Gasteiger partial charge on any atom is 0.0180 e. The topological polar surface area (TPSA) is 29.3 Å². The normalized spacial score (nSPS) is 26.2. The molecule has 1 fully saturated rings. The van der Waals surface area contributed by atoms with E-state index < -0.39 is 0 Å². The molecule has 1 heterocycles. The summed E-state index contributed by atoms with van der Waals surface area (Å²) in [5, 5.41) is 0. The van der Waals surface area contributed by atoms with Gasteiger partial charge in [-0.25, -0.2) is 0 Å². The molecule has 0 saturated carbocycles. The molecule has 0 aromatic carbocycles. The van der Waals surface area contributed by atoms with Crippen LogP contribution in [0.25, 0.3) is 0 Å². The third-order valence-corrected chi connectivity index (χ3v) is 2.94. The van der Waals surface area contributed by atoms with Crippen LogP contribution in [0.4, 0.5) is 0 Å². The fraction of sp³-hybridized carbons (Fsp3) is 1.00. The van der Waals surface area contributed by atoms with Crippen molar-refractivity contribution in [2.45, 2.75) is 19.4 Å². The second-order valence-electron chi connectivity index (χ2n) is 3.05. The van der Waals surface area contributed by atoms with Crippen molar-refractivity contribution in [1.29, 1.82) is 0 Å². The molecule has 0 aliphatic carbocycles. The van der Waals surface area contributed by atoms with Crippen LogP contribution in [0.2, 0.25) is 0 Å². The smallest absolute Gasteiger partial charge is 0.0180 e. The standard InChI is InChI=1S/C8H18N2S/c1-2-11-6-5-10-4-3-8(9)7-10/h8H,2-7,9H2,1H3/t8-/m0/s1. The molecule has 66 valence electrons. The summed E-state index contributed by atoms with van der Waals surface area (Å²) in [6, 6.07) is 0.446. The summed E-state index contributed by atoms with van der Waals surface area (Å²) in [5.74, 6) is 2.50. The van der Waals surface area contributed by atoms with E-state index in [4.69, 9.17) is 5.73 Å². The molecule has 0 aromatic rings. The van der Waals surface area contributed by atoms with Crippen molar-refractivity contribution < 1.29 is 0 Å². The zero-order valence-corrected chi connectivity index (χ0v) is 8.07. The Morgan fingerprint density at radius 3 is 3.00 bits per heavy atom. The van der Waals surface area contributed by atoms with Crippen molar-refractivity contribution >= 4 is 11.8 Å². The maximum absolute atomic E-state index is 5.78. The first-order chi connectivity index (χ1) is 5.33. The number of hydrogen-bond donors (Lipinski definition) is 1. The number of hydrogen-bond acceptors (Lipinski definition) is 3. The molecule has 0 spiro atoms. The van der Waals surface area contributed by atoms with E-state index in [1.807, 2.05) is 11.8 Å². The Labute approximate surface area is 73.5 Å². The third-order valence-electron chi connectivity index (χ3n) is 2.06. The largest absolute Gasteiger partial charge is 0.326 e. The van der Waals surface area contributed by atoms with E-state index in [0.717, 1.165) is 6.54 Å². The van der Waals surface area contributed by atoms with Gasteiger partial charge in [-0.3, -0.25) is 0 Å². The first-order valence-electron chi connectivity index (χ1n) is 4.38. The van der Waals surface area contributed by atoms with Gasteiger partial charge >= 0.3 is 0 Å². The van der Waals surface area contributed by atoms with Gasteiger partial charge in [0.05, 0.1) is 0 Å². The molecule has 0 bridgehead atoms. The van der Waals surface area contributed by atoms with Crippen LogP contribution in [0, 0.1) is 0 Å². The van der Waals surface area contributed by atoms with Crippen molar-refractivity contribution in [1.82, 2.24) is 4.90 Å². The fourth-order valence-electron chi connectivity index (χ4n) is 1.40. The second kappa shape index (κ2) is 5.01. The molecule has 2 nitrogen and oxygen atoms in total. The van der Waals surface area contributed by atoms with Crippen LogP contribution < -0.4 is 5.73 Å². The van der Waals surface area contributed by atoms with Crippen molar-refractivity contribution in [2.75, 3.05) is 31.1 Å². The Hall–Kier alpha value is 0.270. The Balaban J connectivity index is 1.99. The van der Waals surface area contributed by atoms with Crippen LogP contribution in [0.5, 0.6) is 0 Å². The zero-order valence-electron chi connectivity index (χ0n) is 7.25. The number of likely N-dealkylation sites (tertiary alicyclic amines) is 1. The maximum atomic E-state index is 5.78. The van der Waals surface area contributed by atoms with Gasteiger partial charge in [0.25, 0.3) is 0 Å². The zero-order chi connectivity index (χ0) is 8.10. The molecule has 0 radical (unpaired) electrons. The minimum absolute atomic E-state index is 0.446. The summed E-state index contributed by atoms with van der Waals surface area (Å²) in [5.41, 5.74) is 5.78. The summed E-state index contributed by atoms with van der Waals surface area (Å²) in [7, 11) is 0. The first-order valence-corrected chi connectivity index (χ1v) is 5.54. The van der Waals surface area contributed by atoms with Gasteiger partial charge in [0.1, 0.15) is 0 Å². The SMILES string of the molecule is CCSCCN1CC[C@H](N)C1. The molecule has 0 amide bonds. The van der Waals surface area contributed by atoms with Crippen molar-refractivity contribution in [3.8, 4) is 0 Å². The lowest BCUT2D eigenvalue weighted by Gasteiger charge is -2.13. The lowest BCUT2D eigenvalue weighted by Crippen LogP contribution is -2.28. The highest BCUT2D eigenvalue weighted by Gasteiger charge is 2.17. The average molecular weight is 174 g/mol. The highest BCUT2D eigenvalue weighted by atomic mass is 32.2. The molecule has 1 rings (SSSR count). The molecule has 0 aromatic heterocycles. The molecular formula is C8H18N2S. The lowest BCUT2D eigenvalue weighted by atomic mass is 10.3. The van der Waals surface area contributed by atoms with E-state index in [-0.39, 0.29) is 0 Å². The minimum Gasteiger partial charge on any atom is -0.326 e. The monoisotopic (exact) mass is 174 g/mol. The van der Waals surface area contributed by atoms with Crippen LogP contribution >= 0.6 is 11.8 Å². The summed E-state index contributed by atoms with van der Waals surface area (Å²) in [6.45, 7) is 5.77. The van der Waals surface area contributed by atoms with Crippen LogP contribution in [-0.2, 0) is 0 Å². The van der Waals surface area contributed by atoms with Crippen LogP contribution in [0.3, 0.4) is 0 Å². The Morgan fingerprint density at radius 2 is 2.45 bits per heavy atom. The van der Waals surface area contributed by atoms with Crippen molar-refractivity contribution in [3.05, 3.63) is 0 Å². The predicted molar refractivity (Wildman–Crippen MR) is 52.0 cm³/mol. The Bertz CT molecular complexity index is 108. The highest BCUT2D eigenvalue weighted by molar-refractivity contribution is 7.99. The molecule has 0 unspecified atom stereocenters. The van der Waals surface area contributed by atoms with Gasteiger partial charge in [-0.05, 0) is 18.7 Å². The third kappa shape index (κ3) is 3.45. The van der Waals surface area contributed by atoms with E-state index in [1.165, 1.54) is 31.0 Å². The minimum atomic E-state index is 0.446. The molecule has 11 heavy (non-hydrogen) atoms. The van der Waals surface area contributed by atoms with Gasteiger partial charge in [-0.1, -0.05) is 6.92 Å². The molecule has 1 saturated heterocycles. The number of nitrogens with zero attached hydrogens (tertiary/aromatic N) is 1. The summed E-state index contributed by atoms with van der Waals surface area (Å²) in [6.07, 6.45) is 1.19. The van der Waals surface area contributed by atoms with Crippen LogP contribution in [0.1, 0.15) is 13.3 Å². The molecular weight excluding hydrogens is 156 g/mol. The summed E-state index contributed by atoms with van der Waals surface area (Å²) < 4.78 is 0. The van der Waals surface area contributed by atoms with E-state index in [1.54, 1.807) is 0 Å². The van der Waals surface area contributed by atoms with Gasteiger partial charge in [-0.2, -0.15) is 11.8 Å². The van der Waals surface area contributed by atoms with E-state index >= 15 is 0 Å². The average Bonchev–Trinajstić information content (AvgIpc) is 2.37. The quantitative estimate of drug-likeness (QED) is 0.638. The van der Waals surface area contributed by atoms with Gasteiger partial charge in [0, 0.05) is 24.9 Å². The summed E-state index contributed by atoms with van der Waals surface area (Å²) >= 11 is 2.01. The number of nitrogens with two attached hydrogens (primary N) is 1. The molecule has 1 atom stereocenters. The van der Waals surface area contributed by atoms with Gasteiger partial charge in [-0.15, -0.1) is 0 Å². The lowest BCUT2D eigenvalue weighted by molar-refractivity contribution is 0.357. The highest BCUT2D eigenvalue weighted by Crippen LogP contribution is 2.08. The van der Waals surface area contributed by atoms with Gasteiger partial charge in [0.15, 0.2) is 0 Å². The molecule has 3 heteroatoms. The fourth-order valence-corrected chi connectivity index (χ4v) is 2.08.